The highest BCUT2D eigenvalue weighted by atomic mass is 16.4. The molecule has 1 fully saturated rings. The van der Waals surface area contributed by atoms with Crippen molar-refractivity contribution in [2.24, 2.45) is 11.1 Å². The molecule has 1 saturated heterocycles. The van der Waals surface area contributed by atoms with Gasteiger partial charge in [0.25, 0.3) is 0 Å². The molecule has 0 bridgehead atoms. The first kappa shape index (κ1) is 15.0. The maximum atomic E-state index is 12.0. The Morgan fingerprint density at radius 3 is 2.17 bits per heavy atom. The number of carboxylic acids is 1. The summed E-state index contributed by atoms with van der Waals surface area (Å²) in [7, 11) is 0. The van der Waals surface area contributed by atoms with E-state index in [1.807, 2.05) is 0 Å². The number of likely N-dealkylation sites (tertiary alicyclic amines) is 1. The predicted molar refractivity (Wildman–Crippen MR) is 69.1 cm³/mol. The van der Waals surface area contributed by atoms with Crippen LogP contribution < -0.4 is 5.73 Å². The number of rotatable bonds is 5. The summed E-state index contributed by atoms with van der Waals surface area (Å²) in [4.78, 5) is 24.2. The second-order valence-electron chi connectivity index (χ2n) is 5.24. The molecule has 1 unspecified atom stereocenters. The van der Waals surface area contributed by atoms with Crippen LogP contribution in [-0.4, -0.2) is 41.0 Å². The van der Waals surface area contributed by atoms with E-state index in [-0.39, 0.29) is 12.3 Å². The molecule has 1 heterocycles. The molecule has 0 saturated carbocycles. The summed E-state index contributed by atoms with van der Waals surface area (Å²) in [6, 6.07) is -0.904. The van der Waals surface area contributed by atoms with E-state index in [2.05, 4.69) is 13.8 Å². The molecule has 1 aliphatic heterocycles. The van der Waals surface area contributed by atoms with E-state index in [9.17, 15) is 9.59 Å². The highest BCUT2D eigenvalue weighted by molar-refractivity contribution is 5.86. The van der Waals surface area contributed by atoms with Crippen molar-refractivity contribution in [3.8, 4) is 0 Å². The molecule has 1 aliphatic rings. The van der Waals surface area contributed by atoms with Crippen molar-refractivity contribution in [3.63, 3.8) is 0 Å². The Labute approximate surface area is 108 Å². The number of carbonyl (C=O) groups is 2. The summed E-state index contributed by atoms with van der Waals surface area (Å²) in [6.07, 6.45) is 3.96. The Hall–Kier alpha value is -1.10. The van der Waals surface area contributed by atoms with Crippen LogP contribution in [0.25, 0.3) is 0 Å². The molecule has 0 aromatic rings. The van der Waals surface area contributed by atoms with Crippen LogP contribution in [0.3, 0.4) is 0 Å². The monoisotopic (exact) mass is 256 g/mol. The van der Waals surface area contributed by atoms with Gasteiger partial charge in [-0.1, -0.05) is 26.7 Å². The topological polar surface area (TPSA) is 83.6 Å². The lowest BCUT2D eigenvalue weighted by Gasteiger charge is -2.41. The van der Waals surface area contributed by atoms with Crippen molar-refractivity contribution in [3.05, 3.63) is 0 Å². The molecule has 0 radical (unpaired) electrons. The van der Waals surface area contributed by atoms with Gasteiger partial charge in [-0.15, -0.1) is 0 Å². The third-order valence-electron chi connectivity index (χ3n) is 4.35. The summed E-state index contributed by atoms with van der Waals surface area (Å²) >= 11 is 0. The van der Waals surface area contributed by atoms with Crippen molar-refractivity contribution in [1.82, 2.24) is 4.90 Å². The van der Waals surface area contributed by atoms with Gasteiger partial charge in [-0.25, -0.2) is 0 Å². The van der Waals surface area contributed by atoms with Gasteiger partial charge in [0.1, 0.15) is 0 Å². The second-order valence-corrected chi connectivity index (χ2v) is 5.24. The molecule has 0 aromatic carbocycles. The number of hydrogen-bond donors (Lipinski definition) is 2. The summed E-state index contributed by atoms with van der Waals surface area (Å²) < 4.78 is 0. The first-order valence-electron chi connectivity index (χ1n) is 6.70. The zero-order chi connectivity index (χ0) is 13.8. The van der Waals surface area contributed by atoms with Crippen molar-refractivity contribution in [1.29, 1.82) is 0 Å². The summed E-state index contributed by atoms with van der Waals surface area (Å²) in [5.74, 6) is -1.25. The number of nitrogens with zero attached hydrogens (tertiary/aromatic N) is 1. The van der Waals surface area contributed by atoms with Gasteiger partial charge in [0.15, 0.2) is 0 Å². The number of nitrogens with two attached hydrogens (primary N) is 1. The van der Waals surface area contributed by atoms with Crippen LogP contribution in [0.4, 0.5) is 0 Å². The molecule has 1 atom stereocenters. The summed E-state index contributed by atoms with van der Waals surface area (Å²) in [5, 5.41) is 8.64. The first-order valence-corrected chi connectivity index (χ1v) is 6.70. The molecule has 0 spiro atoms. The van der Waals surface area contributed by atoms with E-state index in [4.69, 9.17) is 10.8 Å². The average Bonchev–Trinajstić information content (AvgIpc) is 2.37. The fraction of sp³-hybridized carbons (Fsp3) is 0.846. The molecular weight excluding hydrogens is 232 g/mol. The number of piperidine rings is 1. The normalized spacial score (nSPS) is 20.5. The quantitative estimate of drug-likeness (QED) is 0.774. The number of amides is 1. The summed E-state index contributed by atoms with van der Waals surface area (Å²) in [5.41, 5.74) is 5.96. The van der Waals surface area contributed by atoms with Crippen LogP contribution in [0.2, 0.25) is 0 Å². The smallest absolute Gasteiger partial charge is 0.305 e. The fourth-order valence-electron chi connectivity index (χ4n) is 2.67. The Balaban J connectivity index is 2.52. The van der Waals surface area contributed by atoms with E-state index in [1.165, 1.54) is 0 Å². The van der Waals surface area contributed by atoms with Gasteiger partial charge in [-0.3, -0.25) is 9.59 Å². The van der Waals surface area contributed by atoms with Gasteiger partial charge in [0.05, 0.1) is 12.5 Å². The summed E-state index contributed by atoms with van der Waals surface area (Å²) in [6.45, 7) is 5.79. The third kappa shape index (κ3) is 3.45. The van der Waals surface area contributed by atoms with E-state index in [1.54, 1.807) is 4.90 Å². The largest absolute Gasteiger partial charge is 0.481 e. The van der Waals surface area contributed by atoms with Gasteiger partial charge in [0, 0.05) is 13.1 Å². The van der Waals surface area contributed by atoms with Gasteiger partial charge < -0.3 is 15.7 Å². The van der Waals surface area contributed by atoms with Crippen molar-refractivity contribution < 1.29 is 14.7 Å². The molecule has 0 aromatic heterocycles. The van der Waals surface area contributed by atoms with Crippen LogP contribution in [0, 0.1) is 5.41 Å². The molecule has 104 valence electrons. The Morgan fingerprint density at radius 1 is 1.28 bits per heavy atom. The zero-order valence-electron chi connectivity index (χ0n) is 11.3. The molecule has 1 rings (SSSR count). The lowest BCUT2D eigenvalue weighted by Crippen LogP contribution is -2.49. The van der Waals surface area contributed by atoms with Crippen LogP contribution in [0.15, 0.2) is 0 Å². The van der Waals surface area contributed by atoms with Crippen molar-refractivity contribution >= 4 is 11.9 Å². The number of hydrogen-bond acceptors (Lipinski definition) is 3. The minimum absolute atomic E-state index is 0.224. The third-order valence-corrected chi connectivity index (χ3v) is 4.35. The Morgan fingerprint density at radius 2 is 1.78 bits per heavy atom. The zero-order valence-corrected chi connectivity index (χ0v) is 11.3. The minimum atomic E-state index is -1.02. The Kier molecular flexibility index (Phi) is 5.14. The number of carbonyl (C=O) groups excluding carboxylic acids is 1. The van der Waals surface area contributed by atoms with E-state index in [0.29, 0.717) is 18.5 Å². The van der Waals surface area contributed by atoms with Gasteiger partial charge in [-0.2, -0.15) is 0 Å². The lowest BCUT2D eigenvalue weighted by atomic mass is 9.74. The van der Waals surface area contributed by atoms with Crippen LogP contribution in [0.5, 0.6) is 0 Å². The Bertz CT molecular complexity index is 303. The maximum absolute atomic E-state index is 12.0. The molecule has 0 aliphatic carbocycles. The number of aliphatic carboxylic acids is 1. The van der Waals surface area contributed by atoms with Crippen LogP contribution in [0.1, 0.15) is 46.0 Å². The maximum Gasteiger partial charge on any atom is 0.305 e. The van der Waals surface area contributed by atoms with Gasteiger partial charge in [-0.05, 0) is 18.3 Å². The van der Waals surface area contributed by atoms with E-state index >= 15 is 0 Å². The van der Waals surface area contributed by atoms with E-state index in [0.717, 1.165) is 25.7 Å². The molecule has 3 N–H and O–H groups in total. The average molecular weight is 256 g/mol. The molecule has 1 amide bonds. The minimum Gasteiger partial charge on any atom is -0.481 e. The fourth-order valence-corrected chi connectivity index (χ4v) is 2.67. The van der Waals surface area contributed by atoms with Crippen molar-refractivity contribution in [2.45, 2.75) is 52.0 Å². The molecular formula is C13H24N2O3. The van der Waals surface area contributed by atoms with Crippen molar-refractivity contribution in [2.75, 3.05) is 13.1 Å². The number of carboxylic acid groups (broad SMARTS) is 1. The van der Waals surface area contributed by atoms with Crippen LogP contribution >= 0.6 is 0 Å². The standard InChI is InChI=1S/C13H24N2O3/c1-3-13(4-2)5-7-15(8-6-13)12(18)10(14)9-11(16)17/h10H,3-9,14H2,1-2H3,(H,16,17). The molecule has 5 heteroatoms. The highest BCUT2D eigenvalue weighted by Gasteiger charge is 2.34. The molecule has 18 heavy (non-hydrogen) atoms. The first-order chi connectivity index (χ1) is 8.44. The lowest BCUT2D eigenvalue weighted by molar-refractivity contribution is -0.143. The SMILES string of the molecule is CCC1(CC)CCN(C(=O)C(N)CC(=O)O)CC1. The van der Waals surface area contributed by atoms with E-state index < -0.39 is 12.0 Å². The molecule has 5 nitrogen and oxygen atoms in total. The highest BCUT2D eigenvalue weighted by Crippen LogP contribution is 2.37. The van der Waals surface area contributed by atoms with Gasteiger partial charge >= 0.3 is 5.97 Å². The van der Waals surface area contributed by atoms with Crippen LogP contribution in [-0.2, 0) is 9.59 Å². The predicted octanol–water partition coefficient (Wildman–Crippen LogP) is 1.22. The van der Waals surface area contributed by atoms with Gasteiger partial charge in [0.2, 0.25) is 5.91 Å². The second kappa shape index (κ2) is 6.18.